The van der Waals surface area contributed by atoms with Crippen LogP contribution < -0.4 is 0 Å². The summed E-state index contributed by atoms with van der Waals surface area (Å²) in [7, 11) is 0. The predicted octanol–water partition coefficient (Wildman–Crippen LogP) is 12.0. The van der Waals surface area contributed by atoms with E-state index in [1.807, 2.05) is 97.1 Å². The summed E-state index contributed by atoms with van der Waals surface area (Å²) in [6.45, 7) is -2.94. The van der Waals surface area contributed by atoms with Crippen molar-refractivity contribution >= 4 is 43.4 Å². The average Bonchev–Trinajstić information content (AvgIpc) is 3.64. The predicted molar refractivity (Wildman–Crippen MR) is 199 cm³/mol. The summed E-state index contributed by atoms with van der Waals surface area (Å²) in [4.78, 5) is 4.42. The second kappa shape index (κ2) is 11.1. The summed E-state index contributed by atoms with van der Waals surface area (Å²) in [6, 6.07) is 34.9. The van der Waals surface area contributed by atoms with Gasteiger partial charge in [0.05, 0.1) is 20.6 Å². The van der Waals surface area contributed by atoms with Crippen LogP contribution in [0.1, 0.15) is 29.1 Å². The van der Waals surface area contributed by atoms with Crippen molar-refractivity contribution in [2.24, 2.45) is 0 Å². The van der Waals surface area contributed by atoms with Gasteiger partial charge in [-0.3, -0.25) is 4.57 Å². The SMILES string of the molecule is [2H]c1c([2H])c([2H])c2c(-c3c4ccccc4c(-c4ccc(-c5ccc(-n6c(C([2H])([2H])C([2H])([2H])[2H])nc7ccccc76)cc5)cc4)c4ccccc34)c([2H])c([2H])c([2H])c2c1[2H]. The molecular weight excluding hydrogens is 569 g/mol. The number of para-hydroxylation sites is 2. The molecule has 2 nitrogen and oxygen atoms in total. The minimum atomic E-state index is -2.94. The number of nitrogens with zero attached hydrogens (tertiary/aromatic N) is 2. The lowest BCUT2D eigenvalue weighted by Gasteiger charge is -2.19. The number of hydrogen-bond donors (Lipinski definition) is 0. The number of rotatable bonds is 5. The quantitative estimate of drug-likeness (QED) is 0.177. The second-order valence-corrected chi connectivity index (χ2v) is 11.3. The smallest absolute Gasteiger partial charge is 0.114 e. The zero-order chi connectivity index (χ0) is 41.7. The van der Waals surface area contributed by atoms with Crippen LogP contribution in [-0.4, -0.2) is 9.55 Å². The van der Waals surface area contributed by atoms with Crippen molar-refractivity contribution in [2.75, 3.05) is 0 Å². The second-order valence-electron chi connectivity index (χ2n) is 11.3. The van der Waals surface area contributed by atoms with E-state index in [1.165, 1.54) is 0 Å². The first-order chi connectivity index (χ1) is 28.1. The number of aryl methyl sites for hydroxylation is 1. The van der Waals surface area contributed by atoms with Crippen molar-refractivity contribution in [2.45, 2.75) is 13.2 Å². The molecule has 9 aromatic rings. The molecule has 0 aliphatic carbocycles. The number of aromatic nitrogens is 2. The lowest BCUT2D eigenvalue weighted by molar-refractivity contribution is 0.908. The molecule has 0 unspecified atom stereocenters. The van der Waals surface area contributed by atoms with E-state index in [1.54, 1.807) is 28.8 Å². The van der Waals surface area contributed by atoms with Gasteiger partial charge >= 0.3 is 0 Å². The highest BCUT2D eigenvalue weighted by atomic mass is 15.1. The molecule has 0 aliphatic heterocycles. The van der Waals surface area contributed by atoms with Crippen molar-refractivity contribution in [3.63, 3.8) is 0 Å². The highest BCUT2D eigenvalue weighted by Gasteiger charge is 2.18. The molecule has 0 N–H and O–H groups in total. The van der Waals surface area contributed by atoms with E-state index in [0.29, 0.717) is 22.3 Å². The first kappa shape index (κ1) is 17.6. The molecule has 47 heavy (non-hydrogen) atoms. The summed E-state index contributed by atoms with van der Waals surface area (Å²) in [5, 5.41) is 3.03. The van der Waals surface area contributed by atoms with E-state index in [9.17, 15) is 0 Å². The van der Waals surface area contributed by atoms with Crippen LogP contribution in [0.15, 0.2) is 164 Å². The third-order valence-electron chi connectivity index (χ3n) is 8.80. The van der Waals surface area contributed by atoms with Crippen LogP contribution in [0.5, 0.6) is 0 Å². The van der Waals surface area contributed by atoms with Crippen LogP contribution in [0, 0.1) is 0 Å². The van der Waals surface area contributed by atoms with Crippen molar-refractivity contribution in [1.82, 2.24) is 9.55 Å². The fourth-order valence-corrected chi connectivity index (χ4v) is 6.71. The Kier molecular flexibility index (Phi) is 4.17. The Morgan fingerprint density at radius 1 is 0.574 bits per heavy atom. The maximum Gasteiger partial charge on any atom is 0.114 e. The van der Waals surface area contributed by atoms with Gasteiger partial charge in [0.2, 0.25) is 0 Å². The summed E-state index contributed by atoms with van der Waals surface area (Å²) >= 11 is 0. The summed E-state index contributed by atoms with van der Waals surface area (Å²) < 4.78 is 103. The highest BCUT2D eigenvalue weighted by molar-refractivity contribution is 6.23. The van der Waals surface area contributed by atoms with Crippen LogP contribution in [0.3, 0.4) is 0 Å². The van der Waals surface area contributed by atoms with Gasteiger partial charge in [-0.2, -0.15) is 0 Å². The largest absolute Gasteiger partial charge is 0.296 e. The molecule has 8 aromatic carbocycles. The fourth-order valence-electron chi connectivity index (χ4n) is 6.71. The zero-order valence-corrected chi connectivity index (χ0v) is 24.9. The van der Waals surface area contributed by atoms with Gasteiger partial charge in [-0.05, 0) is 90.0 Å². The topological polar surface area (TPSA) is 17.8 Å². The highest BCUT2D eigenvalue weighted by Crippen LogP contribution is 2.45. The van der Waals surface area contributed by atoms with Crippen LogP contribution >= 0.6 is 0 Å². The molecule has 1 heterocycles. The van der Waals surface area contributed by atoms with E-state index in [0.717, 1.165) is 43.8 Å². The van der Waals surface area contributed by atoms with Gasteiger partial charge in [0.15, 0.2) is 0 Å². The van der Waals surface area contributed by atoms with Gasteiger partial charge in [0.25, 0.3) is 0 Å². The van der Waals surface area contributed by atoms with Gasteiger partial charge in [-0.25, -0.2) is 4.98 Å². The van der Waals surface area contributed by atoms with Crippen molar-refractivity contribution in [3.8, 4) is 39.1 Å². The van der Waals surface area contributed by atoms with Gasteiger partial charge in [-0.1, -0.05) is 146 Å². The number of imidazole rings is 1. The Bertz CT molecular complexity index is 3120. The Balaban J connectivity index is 1.19. The van der Waals surface area contributed by atoms with Gasteiger partial charge < -0.3 is 0 Å². The Labute approximate surface area is 291 Å². The molecule has 0 saturated carbocycles. The molecule has 222 valence electrons. The molecule has 0 bridgehead atoms. The average molecular weight is 613 g/mol. The Morgan fingerprint density at radius 3 is 1.85 bits per heavy atom. The fraction of sp³-hybridized carbons (Fsp3) is 0.0444. The number of hydrogen-bond acceptors (Lipinski definition) is 1. The summed E-state index contributed by atoms with van der Waals surface area (Å²) in [6.07, 6.45) is -2.71. The van der Waals surface area contributed by atoms with Crippen molar-refractivity contribution in [3.05, 3.63) is 169 Å². The summed E-state index contributed by atoms with van der Waals surface area (Å²) in [5.41, 5.74) is 5.93. The lowest BCUT2D eigenvalue weighted by Crippen LogP contribution is -1.99. The summed E-state index contributed by atoms with van der Waals surface area (Å²) in [5.74, 6) is -0.202. The van der Waals surface area contributed by atoms with Gasteiger partial charge in [0, 0.05) is 18.9 Å². The standard InChI is InChI=1S/C45H32N2/c1-2-43-46-41-20-9-10-21-42(41)47(43)34-28-26-31(27-29-34)30-22-24-33(25-23-30)44-37-15-5-7-17-39(37)45(40-18-8-6-16-38(40)44)36-19-11-13-32-12-3-4-14-35(32)36/h3-29H,2H2,1H3/i1D3,2D2,3D,4D,11D,12D,13D,14D,19D. The molecule has 0 radical (unpaired) electrons. The molecule has 0 amide bonds. The van der Waals surface area contributed by atoms with Crippen molar-refractivity contribution in [1.29, 1.82) is 0 Å². The van der Waals surface area contributed by atoms with Crippen LogP contribution in [0.25, 0.3) is 82.4 Å². The molecule has 0 saturated heterocycles. The van der Waals surface area contributed by atoms with E-state index < -0.39 is 43.4 Å². The van der Waals surface area contributed by atoms with Gasteiger partial charge in [0.1, 0.15) is 5.82 Å². The first-order valence-electron chi connectivity index (χ1n) is 21.2. The molecule has 9 rings (SSSR count). The molecular formula is C45H32N2. The van der Waals surface area contributed by atoms with E-state index in [2.05, 4.69) is 4.98 Å². The van der Waals surface area contributed by atoms with E-state index in [4.69, 9.17) is 16.4 Å². The molecule has 0 spiro atoms. The molecule has 0 atom stereocenters. The number of benzene rings is 8. The number of fused-ring (bicyclic) bond motifs is 4. The minimum Gasteiger partial charge on any atom is -0.296 e. The van der Waals surface area contributed by atoms with E-state index in [-0.39, 0.29) is 34.2 Å². The lowest BCUT2D eigenvalue weighted by atomic mass is 9.84. The minimum absolute atomic E-state index is 0.0360. The van der Waals surface area contributed by atoms with Crippen LogP contribution in [0.4, 0.5) is 0 Å². The maximum atomic E-state index is 9.17. The van der Waals surface area contributed by atoms with Crippen LogP contribution in [0.2, 0.25) is 0 Å². The Hall–Kier alpha value is -5.99. The van der Waals surface area contributed by atoms with Gasteiger partial charge in [-0.15, -0.1) is 0 Å². The molecule has 2 heteroatoms. The monoisotopic (exact) mass is 612 g/mol. The normalized spacial score (nSPS) is 15.8. The molecule has 0 aliphatic rings. The van der Waals surface area contributed by atoms with Crippen molar-refractivity contribution < 1.29 is 16.4 Å². The maximum absolute atomic E-state index is 9.17. The molecule has 0 fully saturated rings. The van der Waals surface area contributed by atoms with E-state index >= 15 is 0 Å². The zero-order valence-electron chi connectivity index (χ0n) is 36.9. The third-order valence-corrected chi connectivity index (χ3v) is 8.80. The third kappa shape index (κ3) is 4.45. The van der Waals surface area contributed by atoms with Crippen LogP contribution in [-0.2, 0) is 6.37 Å². The first-order valence-corrected chi connectivity index (χ1v) is 15.2. The molecule has 1 aromatic heterocycles. The Morgan fingerprint density at radius 2 is 1.15 bits per heavy atom.